The van der Waals surface area contributed by atoms with Crippen LogP contribution in [-0.4, -0.2) is 22.7 Å². The molecule has 1 aliphatic heterocycles. The van der Waals surface area contributed by atoms with E-state index in [1.165, 1.54) is 35.2 Å². The van der Waals surface area contributed by atoms with Gasteiger partial charge in [-0.3, -0.25) is 14.6 Å². The number of benzene rings is 2. The minimum Gasteiger partial charge on any atom is -0.341 e. The summed E-state index contributed by atoms with van der Waals surface area (Å²) in [7, 11) is 0. The lowest BCUT2D eigenvalue weighted by molar-refractivity contribution is -0.133. The molecule has 1 amide bonds. The molecule has 38 heavy (non-hydrogen) atoms. The molecule has 0 bridgehead atoms. The predicted molar refractivity (Wildman–Crippen MR) is 154 cm³/mol. The van der Waals surface area contributed by atoms with Crippen LogP contribution in [0.3, 0.4) is 0 Å². The molecule has 3 unspecified atom stereocenters. The number of piperidine rings is 1. The molecule has 2 heterocycles. The number of allylic oxidation sites excluding steroid dienone is 3. The number of aliphatic imine (C=N–C) groups is 1. The molecule has 5 rings (SSSR count). The van der Waals surface area contributed by atoms with E-state index in [2.05, 4.69) is 5.32 Å². The zero-order chi connectivity index (χ0) is 26.7. The number of hydrogen-bond acceptors (Lipinski definition) is 5. The number of hydrogen-bond donors (Lipinski definition) is 1. The van der Waals surface area contributed by atoms with Gasteiger partial charge in [-0.25, -0.2) is 4.39 Å². The maximum Gasteiger partial charge on any atom is 0.242 e. The molecule has 2 aromatic carbocycles. The Hall–Kier alpha value is -3.00. The SMILES string of the molecule is CC(N=C1C=CC=C(C2(c3ccsc3)CC(=O)C(Sc3ccccc3Cl)C(=O)N2)CC1)c1ccc(F)cc1. The molecule has 3 atom stereocenters. The number of carbonyl (C=O) groups is 2. The number of rotatable bonds is 6. The van der Waals surface area contributed by atoms with Gasteiger partial charge in [0.05, 0.1) is 16.6 Å². The van der Waals surface area contributed by atoms with Gasteiger partial charge in [0.2, 0.25) is 5.91 Å². The van der Waals surface area contributed by atoms with Gasteiger partial charge in [-0.2, -0.15) is 11.3 Å². The third-order valence-corrected chi connectivity index (χ3v) is 9.35. The molecular formula is C30H26ClFN2O2S2. The third kappa shape index (κ3) is 5.55. The minimum absolute atomic E-state index is 0.124. The highest BCUT2D eigenvalue weighted by atomic mass is 35.5. The molecule has 0 radical (unpaired) electrons. The fraction of sp³-hybridized carbons (Fsp3) is 0.233. The van der Waals surface area contributed by atoms with Crippen molar-refractivity contribution in [2.75, 3.05) is 0 Å². The fourth-order valence-corrected chi connectivity index (χ4v) is 6.87. The highest BCUT2D eigenvalue weighted by Crippen LogP contribution is 2.43. The molecule has 0 saturated carbocycles. The Morgan fingerprint density at radius 3 is 2.63 bits per heavy atom. The number of nitrogens with zero attached hydrogens (tertiary/aromatic N) is 1. The Balaban J connectivity index is 1.38. The third-order valence-electron chi connectivity index (χ3n) is 6.90. The predicted octanol–water partition coefficient (Wildman–Crippen LogP) is 7.46. The van der Waals surface area contributed by atoms with Crippen molar-refractivity contribution in [1.82, 2.24) is 5.32 Å². The van der Waals surface area contributed by atoms with Crippen LogP contribution in [0.5, 0.6) is 0 Å². The van der Waals surface area contributed by atoms with E-state index in [-0.39, 0.29) is 30.0 Å². The van der Waals surface area contributed by atoms with E-state index in [0.717, 1.165) is 22.4 Å². The van der Waals surface area contributed by atoms with Crippen molar-refractivity contribution >= 4 is 52.1 Å². The average Bonchev–Trinajstić information content (AvgIpc) is 3.35. The summed E-state index contributed by atoms with van der Waals surface area (Å²) in [5, 5.41) is 6.86. The van der Waals surface area contributed by atoms with Gasteiger partial charge < -0.3 is 5.32 Å². The van der Waals surface area contributed by atoms with Gasteiger partial charge in [-0.1, -0.05) is 48.0 Å². The van der Waals surface area contributed by atoms with Gasteiger partial charge in [0.15, 0.2) is 5.78 Å². The van der Waals surface area contributed by atoms with Crippen LogP contribution in [0.2, 0.25) is 5.02 Å². The molecule has 0 spiro atoms. The molecule has 1 saturated heterocycles. The summed E-state index contributed by atoms with van der Waals surface area (Å²) in [6.45, 7) is 1.98. The lowest BCUT2D eigenvalue weighted by atomic mass is 9.75. The summed E-state index contributed by atoms with van der Waals surface area (Å²) >= 11 is 9.04. The van der Waals surface area contributed by atoms with Gasteiger partial charge in [0.1, 0.15) is 11.1 Å². The molecule has 1 aromatic heterocycles. The molecule has 1 fully saturated rings. The van der Waals surface area contributed by atoms with E-state index >= 15 is 0 Å². The molecule has 8 heteroatoms. The van der Waals surface area contributed by atoms with Crippen molar-refractivity contribution in [2.24, 2.45) is 4.99 Å². The second-order valence-electron chi connectivity index (χ2n) is 9.38. The Morgan fingerprint density at radius 1 is 1.13 bits per heavy atom. The van der Waals surface area contributed by atoms with Gasteiger partial charge in [0, 0.05) is 17.0 Å². The monoisotopic (exact) mass is 564 g/mol. The molecule has 194 valence electrons. The fourth-order valence-electron chi connectivity index (χ4n) is 4.90. The Labute approximate surface area is 234 Å². The number of ketones is 1. The Bertz CT molecular complexity index is 1410. The normalized spacial score (nSPS) is 23.6. The smallest absolute Gasteiger partial charge is 0.242 e. The van der Waals surface area contributed by atoms with Crippen molar-refractivity contribution in [2.45, 2.75) is 47.9 Å². The zero-order valence-corrected chi connectivity index (χ0v) is 23.1. The van der Waals surface area contributed by atoms with E-state index in [4.69, 9.17) is 16.6 Å². The first-order valence-corrected chi connectivity index (χ1v) is 14.5. The molecule has 2 aliphatic rings. The van der Waals surface area contributed by atoms with Crippen LogP contribution in [0.1, 0.15) is 43.4 Å². The summed E-state index contributed by atoms with van der Waals surface area (Å²) in [5.41, 5.74) is 2.81. The maximum absolute atomic E-state index is 13.5. The molecule has 1 N–H and O–H groups in total. The lowest BCUT2D eigenvalue weighted by Gasteiger charge is -2.41. The van der Waals surface area contributed by atoms with Crippen LogP contribution in [0.15, 0.2) is 99.0 Å². The Kier molecular flexibility index (Phi) is 7.98. The first-order chi connectivity index (χ1) is 18.4. The zero-order valence-electron chi connectivity index (χ0n) is 20.7. The molecule has 4 nitrogen and oxygen atoms in total. The highest BCUT2D eigenvalue weighted by Gasteiger charge is 2.48. The van der Waals surface area contributed by atoms with Crippen molar-refractivity contribution in [3.8, 4) is 0 Å². The van der Waals surface area contributed by atoms with E-state index in [1.807, 2.05) is 60.2 Å². The molecular weight excluding hydrogens is 539 g/mol. The summed E-state index contributed by atoms with van der Waals surface area (Å²) in [4.78, 5) is 32.6. The summed E-state index contributed by atoms with van der Waals surface area (Å²) in [5.74, 6) is -0.713. The first kappa shape index (κ1) is 26.6. The summed E-state index contributed by atoms with van der Waals surface area (Å²) in [6, 6.07) is 15.5. The number of nitrogens with one attached hydrogen (secondary N) is 1. The summed E-state index contributed by atoms with van der Waals surface area (Å²) < 4.78 is 13.3. The van der Waals surface area contributed by atoms with Gasteiger partial charge >= 0.3 is 0 Å². The van der Waals surface area contributed by atoms with E-state index < -0.39 is 10.8 Å². The van der Waals surface area contributed by atoms with Crippen molar-refractivity contribution < 1.29 is 14.0 Å². The number of amides is 1. The van der Waals surface area contributed by atoms with Gasteiger partial charge in [-0.05, 0) is 83.6 Å². The van der Waals surface area contributed by atoms with Crippen molar-refractivity contribution in [1.29, 1.82) is 0 Å². The van der Waals surface area contributed by atoms with Crippen LogP contribution in [0.4, 0.5) is 4.39 Å². The van der Waals surface area contributed by atoms with E-state index in [1.54, 1.807) is 18.2 Å². The molecule has 3 aromatic rings. The second-order valence-corrected chi connectivity index (χ2v) is 11.7. The minimum atomic E-state index is -0.909. The summed E-state index contributed by atoms with van der Waals surface area (Å²) in [6.07, 6.45) is 7.35. The Morgan fingerprint density at radius 2 is 1.92 bits per heavy atom. The highest BCUT2D eigenvalue weighted by molar-refractivity contribution is 8.01. The lowest BCUT2D eigenvalue weighted by Crippen LogP contribution is -2.58. The number of carbonyl (C=O) groups excluding carboxylic acids is 2. The van der Waals surface area contributed by atoms with Crippen LogP contribution < -0.4 is 5.32 Å². The number of thioether (sulfide) groups is 1. The van der Waals surface area contributed by atoms with Gasteiger partial charge in [0.25, 0.3) is 0 Å². The quantitative estimate of drug-likeness (QED) is 0.316. The number of thiophene rings is 1. The number of Topliss-reactive ketones (excluding diaryl/α,β-unsaturated/α-hetero) is 1. The van der Waals surface area contributed by atoms with Crippen molar-refractivity contribution in [3.63, 3.8) is 0 Å². The standard InChI is InChI=1S/C30H26ClFN2O2S2/c1-19(20-9-12-23(32)13-10-20)33-24-6-4-5-21(11-14-24)30(22-15-16-37-18-22)17-26(35)28(29(36)34-30)38-27-8-3-2-7-25(27)31/h2-10,12-13,15-16,18-19,28H,11,14,17H2,1H3,(H,34,36). The maximum atomic E-state index is 13.5. The second kappa shape index (κ2) is 11.4. The average molecular weight is 565 g/mol. The van der Waals surface area contributed by atoms with Crippen LogP contribution >= 0.6 is 34.7 Å². The van der Waals surface area contributed by atoms with Gasteiger partial charge in [-0.15, -0.1) is 11.8 Å². The van der Waals surface area contributed by atoms with E-state index in [9.17, 15) is 14.0 Å². The van der Waals surface area contributed by atoms with Crippen LogP contribution in [-0.2, 0) is 15.1 Å². The number of halogens is 2. The van der Waals surface area contributed by atoms with Crippen LogP contribution in [0, 0.1) is 5.82 Å². The largest absolute Gasteiger partial charge is 0.341 e. The van der Waals surface area contributed by atoms with Crippen molar-refractivity contribution in [3.05, 3.63) is 111 Å². The first-order valence-electron chi connectivity index (χ1n) is 12.3. The van der Waals surface area contributed by atoms with Crippen LogP contribution in [0.25, 0.3) is 0 Å². The molecule has 1 aliphatic carbocycles. The van der Waals surface area contributed by atoms with E-state index in [0.29, 0.717) is 22.8 Å². The topological polar surface area (TPSA) is 58.5 Å².